The fourth-order valence-corrected chi connectivity index (χ4v) is 3.10. The second-order valence-electron chi connectivity index (χ2n) is 6.90. The maximum atomic E-state index is 6.26. The molecule has 0 bridgehead atoms. The minimum atomic E-state index is 0.129. The third-order valence-electron chi connectivity index (χ3n) is 4.69. The highest BCUT2D eigenvalue weighted by Gasteiger charge is 2.11. The first-order valence-electron chi connectivity index (χ1n) is 9.92. The summed E-state index contributed by atoms with van der Waals surface area (Å²) in [7, 11) is 0. The van der Waals surface area contributed by atoms with Gasteiger partial charge in [0.15, 0.2) is 11.6 Å². The smallest absolute Gasteiger partial charge is 0.208 e. The molecule has 3 nitrogen and oxygen atoms in total. The predicted octanol–water partition coefficient (Wildman–Crippen LogP) is 7.51. The number of aromatic nitrogens is 3. The SMILES string of the molecule is C=C/C(=C\C(=C)/C(C)=C/C=C\C)c1nc(Cl)nc(-c2cccc(-c3ccccc3)c2)n1. The molecule has 0 atom stereocenters. The Morgan fingerprint density at radius 2 is 1.65 bits per heavy atom. The lowest BCUT2D eigenvalue weighted by atomic mass is 10.0. The molecule has 3 rings (SSSR count). The van der Waals surface area contributed by atoms with E-state index in [-0.39, 0.29) is 5.28 Å². The normalized spacial score (nSPS) is 12.2. The Kier molecular flexibility index (Phi) is 7.47. The minimum absolute atomic E-state index is 0.129. The molecule has 0 saturated heterocycles. The van der Waals surface area contributed by atoms with E-state index in [0.717, 1.165) is 33.4 Å². The second-order valence-corrected chi connectivity index (χ2v) is 7.24. The zero-order valence-corrected chi connectivity index (χ0v) is 18.5. The van der Waals surface area contributed by atoms with Crippen LogP contribution in [0.3, 0.4) is 0 Å². The summed E-state index contributed by atoms with van der Waals surface area (Å²) < 4.78 is 0. The number of hydrogen-bond acceptors (Lipinski definition) is 3. The molecule has 0 radical (unpaired) electrons. The van der Waals surface area contributed by atoms with E-state index in [4.69, 9.17) is 11.6 Å². The summed E-state index contributed by atoms with van der Waals surface area (Å²) in [5, 5.41) is 0.129. The number of hydrogen-bond donors (Lipinski definition) is 0. The average Bonchev–Trinajstić information content (AvgIpc) is 2.81. The molecule has 0 spiro atoms. The van der Waals surface area contributed by atoms with E-state index >= 15 is 0 Å². The van der Waals surface area contributed by atoms with E-state index in [0.29, 0.717) is 11.6 Å². The fraction of sp³-hybridized carbons (Fsp3) is 0.0741. The molecule has 2 aromatic carbocycles. The van der Waals surface area contributed by atoms with Crippen molar-refractivity contribution in [2.24, 2.45) is 0 Å². The third kappa shape index (κ3) is 5.74. The van der Waals surface area contributed by atoms with Gasteiger partial charge in [-0.05, 0) is 59.9 Å². The summed E-state index contributed by atoms with van der Waals surface area (Å²) in [6.07, 6.45) is 9.54. The molecule has 4 heteroatoms. The van der Waals surface area contributed by atoms with Gasteiger partial charge in [0.2, 0.25) is 5.28 Å². The summed E-state index contributed by atoms with van der Waals surface area (Å²) in [6.45, 7) is 12.0. The van der Waals surface area contributed by atoms with Crippen LogP contribution in [0.4, 0.5) is 0 Å². The summed E-state index contributed by atoms with van der Waals surface area (Å²) in [4.78, 5) is 13.3. The zero-order valence-electron chi connectivity index (χ0n) is 17.7. The van der Waals surface area contributed by atoms with Crippen LogP contribution in [0, 0.1) is 0 Å². The first-order valence-corrected chi connectivity index (χ1v) is 10.3. The molecule has 154 valence electrons. The summed E-state index contributed by atoms with van der Waals surface area (Å²) in [6, 6.07) is 18.2. The molecule has 0 saturated carbocycles. The van der Waals surface area contributed by atoms with Crippen molar-refractivity contribution in [2.45, 2.75) is 13.8 Å². The number of benzene rings is 2. The lowest BCUT2D eigenvalue weighted by Gasteiger charge is -2.08. The van der Waals surface area contributed by atoms with Crippen LogP contribution >= 0.6 is 11.6 Å². The maximum Gasteiger partial charge on any atom is 0.226 e. The molecule has 31 heavy (non-hydrogen) atoms. The van der Waals surface area contributed by atoms with Gasteiger partial charge < -0.3 is 0 Å². The summed E-state index contributed by atoms with van der Waals surface area (Å²) in [5.41, 5.74) is 5.66. The van der Waals surface area contributed by atoms with Crippen LogP contribution in [-0.2, 0) is 0 Å². The molecule has 0 amide bonds. The highest BCUT2D eigenvalue weighted by atomic mass is 35.5. The van der Waals surface area contributed by atoms with Crippen molar-refractivity contribution in [3.05, 3.63) is 120 Å². The van der Waals surface area contributed by atoms with Gasteiger partial charge in [0.25, 0.3) is 0 Å². The quantitative estimate of drug-likeness (QED) is 0.367. The number of rotatable bonds is 7. The molecule has 0 aliphatic heterocycles. The fourth-order valence-electron chi connectivity index (χ4n) is 2.94. The van der Waals surface area contributed by atoms with Gasteiger partial charge in [0.05, 0.1) is 0 Å². The van der Waals surface area contributed by atoms with Crippen LogP contribution in [0.5, 0.6) is 0 Å². The summed E-state index contributed by atoms with van der Waals surface area (Å²) >= 11 is 6.26. The minimum Gasteiger partial charge on any atom is -0.208 e. The molecule has 0 aliphatic carbocycles. The van der Waals surface area contributed by atoms with Crippen molar-refractivity contribution in [1.29, 1.82) is 0 Å². The lowest BCUT2D eigenvalue weighted by molar-refractivity contribution is 1.03. The van der Waals surface area contributed by atoms with Crippen LogP contribution in [0.15, 0.2) is 109 Å². The molecule has 1 heterocycles. The standard InChI is InChI=1S/C27H24ClN3/c1-5-7-12-19(3)20(4)17-21(6-2)25-29-26(31-27(28)30-25)24-16-11-15-23(18-24)22-13-9-8-10-14-22/h5-18H,2,4H2,1,3H3/b7-5-,19-12+,21-17+. The molecular weight excluding hydrogens is 402 g/mol. The Labute approximate surface area is 188 Å². The van der Waals surface area contributed by atoms with Crippen LogP contribution in [0.25, 0.3) is 28.1 Å². The molecule has 0 aliphatic rings. The molecule has 0 unspecified atom stereocenters. The lowest BCUT2D eigenvalue weighted by Crippen LogP contribution is -2.00. The van der Waals surface area contributed by atoms with E-state index in [2.05, 4.69) is 46.3 Å². The number of allylic oxidation sites excluding steroid dienone is 8. The Bertz CT molecular complexity index is 1190. The Morgan fingerprint density at radius 3 is 2.35 bits per heavy atom. The van der Waals surface area contributed by atoms with Gasteiger partial charge in [0, 0.05) is 11.1 Å². The predicted molar refractivity (Wildman–Crippen MR) is 132 cm³/mol. The third-order valence-corrected chi connectivity index (χ3v) is 4.86. The Hall–Kier alpha value is -3.56. The van der Waals surface area contributed by atoms with Crippen molar-refractivity contribution in [3.8, 4) is 22.5 Å². The van der Waals surface area contributed by atoms with Gasteiger partial charge in [-0.15, -0.1) is 0 Å². The van der Waals surface area contributed by atoms with E-state index in [9.17, 15) is 0 Å². The van der Waals surface area contributed by atoms with Crippen LogP contribution < -0.4 is 0 Å². The van der Waals surface area contributed by atoms with Crippen molar-refractivity contribution in [2.75, 3.05) is 0 Å². The van der Waals surface area contributed by atoms with Crippen LogP contribution in [0.1, 0.15) is 19.7 Å². The molecule has 0 N–H and O–H groups in total. The summed E-state index contributed by atoms with van der Waals surface area (Å²) in [5.74, 6) is 0.961. The Balaban J connectivity index is 2.01. The highest BCUT2D eigenvalue weighted by molar-refractivity contribution is 6.28. The van der Waals surface area contributed by atoms with Crippen molar-refractivity contribution >= 4 is 17.2 Å². The first-order chi connectivity index (χ1) is 15.0. The molecule has 1 aromatic heterocycles. The number of halogens is 1. The van der Waals surface area contributed by atoms with Crippen LogP contribution in [-0.4, -0.2) is 15.0 Å². The van der Waals surface area contributed by atoms with Crippen molar-refractivity contribution in [1.82, 2.24) is 15.0 Å². The van der Waals surface area contributed by atoms with E-state index < -0.39 is 0 Å². The van der Waals surface area contributed by atoms with Gasteiger partial charge >= 0.3 is 0 Å². The van der Waals surface area contributed by atoms with Gasteiger partial charge in [-0.25, -0.2) is 4.98 Å². The van der Waals surface area contributed by atoms with Crippen molar-refractivity contribution < 1.29 is 0 Å². The van der Waals surface area contributed by atoms with E-state index in [1.165, 1.54) is 0 Å². The molecule has 0 fully saturated rings. The van der Waals surface area contributed by atoms with Gasteiger partial charge in [0.1, 0.15) is 0 Å². The molecular formula is C27H24ClN3. The van der Waals surface area contributed by atoms with Gasteiger partial charge in [-0.1, -0.05) is 86.0 Å². The monoisotopic (exact) mass is 425 g/mol. The average molecular weight is 426 g/mol. The van der Waals surface area contributed by atoms with Gasteiger partial charge in [-0.3, -0.25) is 0 Å². The number of nitrogens with zero attached hydrogens (tertiary/aromatic N) is 3. The second kappa shape index (κ2) is 10.5. The topological polar surface area (TPSA) is 38.7 Å². The molecule has 3 aromatic rings. The zero-order chi connectivity index (χ0) is 22.2. The van der Waals surface area contributed by atoms with Crippen molar-refractivity contribution in [3.63, 3.8) is 0 Å². The van der Waals surface area contributed by atoms with Crippen LogP contribution in [0.2, 0.25) is 5.28 Å². The largest absolute Gasteiger partial charge is 0.226 e. The highest BCUT2D eigenvalue weighted by Crippen LogP contribution is 2.26. The van der Waals surface area contributed by atoms with Gasteiger partial charge in [-0.2, -0.15) is 9.97 Å². The maximum absolute atomic E-state index is 6.26. The first kappa shape index (κ1) is 22.1. The van der Waals surface area contributed by atoms with E-state index in [1.807, 2.05) is 74.5 Å². The Morgan fingerprint density at radius 1 is 0.935 bits per heavy atom. The van der Waals surface area contributed by atoms with E-state index in [1.54, 1.807) is 6.08 Å².